The number of hydrogen-bond donors (Lipinski definition) is 0. The second kappa shape index (κ2) is 2.93. The van der Waals surface area contributed by atoms with Crippen LogP contribution in [0.5, 0.6) is 0 Å². The first-order valence-corrected chi connectivity index (χ1v) is 4.78. The van der Waals surface area contributed by atoms with E-state index in [1.165, 1.54) is 0 Å². The first kappa shape index (κ1) is 8.91. The van der Waals surface area contributed by atoms with Gasteiger partial charge in [-0.1, -0.05) is 13.8 Å². The maximum atomic E-state index is 11.3. The van der Waals surface area contributed by atoms with Crippen LogP contribution < -0.4 is 0 Å². The molecule has 0 spiro atoms. The van der Waals surface area contributed by atoms with Crippen LogP contribution in [0.4, 0.5) is 0 Å². The Morgan fingerprint density at radius 2 is 2.08 bits per heavy atom. The van der Waals surface area contributed by atoms with Gasteiger partial charge < -0.3 is 9.47 Å². The first-order valence-electron chi connectivity index (χ1n) is 4.78. The summed E-state index contributed by atoms with van der Waals surface area (Å²) in [5.74, 6) is -0.482. The van der Waals surface area contributed by atoms with Crippen molar-refractivity contribution in [1.29, 1.82) is 0 Å². The molecule has 0 aromatic rings. The van der Waals surface area contributed by atoms with Crippen LogP contribution in [0, 0.1) is 0 Å². The molecule has 3 nitrogen and oxygen atoms in total. The highest BCUT2D eigenvalue weighted by molar-refractivity contribution is 5.97. The molecule has 72 valence electrons. The SMILES string of the molecule is CCC1(CC)OC2C(=O)C=C[C@H]2O1. The third-order valence-electron chi connectivity index (χ3n) is 2.80. The van der Waals surface area contributed by atoms with Crippen LogP contribution >= 0.6 is 0 Å². The van der Waals surface area contributed by atoms with Crippen molar-refractivity contribution in [2.24, 2.45) is 0 Å². The third-order valence-corrected chi connectivity index (χ3v) is 2.80. The summed E-state index contributed by atoms with van der Waals surface area (Å²) >= 11 is 0. The van der Waals surface area contributed by atoms with E-state index in [-0.39, 0.29) is 18.0 Å². The highest BCUT2D eigenvalue weighted by Crippen LogP contribution is 2.37. The van der Waals surface area contributed by atoms with Gasteiger partial charge in [-0.25, -0.2) is 0 Å². The van der Waals surface area contributed by atoms with E-state index >= 15 is 0 Å². The Balaban J connectivity index is 2.17. The summed E-state index contributed by atoms with van der Waals surface area (Å²) < 4.78 is 11.4. The van der Waals surface area contributed by atoms with E-state index in [1.54, 1.807) is 12.2 Å². The lowest BCUT2D eigenvalue weighted by Gasteiger charge is -2.25. The van der Waals surface area contributed by atoms with Crippen molar-refractivity contribution in [2.45, 2.75) is 44.7 Å². The molecule has 0 N–H and O–H groups in total. The number of ether oxygens (including phenoxy) is 2. The van der Waals surface area contributed by atoms with Crippen molar-refractivity contribution in [3.05, 3.63) is 12.2 Å². The van der Waals surface area contributed by atoms with Gasteiger partial charge in [0.1, 0.15) is 6.10 Å². The molecule has 1 unspecified atom stereocenters. The smallest absolute Gasteiger partial charge is 0.187 e. The van der Waals surface area contributed by atoms with Gasteiger partial charge >= 0.3 is 0 Å². The first-order chi connectivity index (χ1) is 6.21. The minimum Gasteiger partial charge on any atom is -0.339 e. The Kier molecular flexibility index (Phi) is 2.00. The molecule has 3 heteroatoms. The molecule has 0 bridgehead atoms. The van der Waals surface area contributed by atoms with E-state index in [0.29, 0.717) is 0 Å². The fourth-order valence-corrected chi connectivity index (χ4v) is 1.86. The zero-order chi connectivity index (χ0) is 9.47. The molecule has 0 aromatic heterocycles. The molecule has 13 heavy (non-hydrogen) atoms. The molecule has 0 aromatic carbocycles. The maximum Gasteiger partial charge on any atom is 0.187 e. The summed E-state index contributed by atoms with van der Waals surface area (Å²) in [6, 6.07) is 0. The van der Waals surface area contributed by atoms with E-state index in [4.69, 9.17) is 9.47 Å². The fraction of sp³-hybridized carbons (Fsp3) is 0.700. The number of hydrogen-bond acceptors (Lipinski definition) is 3. The largest absolute Gasteiger partial charge is 0.339 e. The van der Waals surface area contributed by atoms with Gasteiger partial charge in [0.15, 0.2) is 17.7 Å². The van der Waals surface area contributed by atoms with E-state index in [1.807, 2.05) is 13.8 Å². The van der Waals surface area contributed by atoms with Crippen LogP contribution in [0.1, 0.15) is 26.7 Å². The molecule has 1 fully saturated rings. The van der Waals surface area contributed by atoms with Gasteiger partial charge in [0, 0.05) is 0 Å². The quantitative estimate of drug-likeness (QED) is 0.648. The van der Waals surface area contributed by atoms with Crippen molar-refractivity contribution >= 4 is 5.78 Å². The summed E-state index contributed by atoms with van der Waals surface area (Å²) in [5.41, 5.74) is 0. The predicted octanol–water partition coefficient (Wildman–Crippen LogP) is 1.43. The van der Waals surface area contributed by atoms with E-state index in [2.05, 4.69) is 0 Å². The summed E-state index contributed by atoms with van der Waals surface area (Å²) in [7, 11) is 0. The van der Waals surface area contributed by atoms with Gasteiger partial charge in [-0.2, -0.15) is 0 Å². The van der Waals surface area contributed by atoms with Crippen LogP contribution in [0.2, 0.25) is 0 Å². The van der Waals surface area contributed by atoms with Crippen molar-refractivity contribution in [3.8, 4) is 0 Å². The minimum absolute atomic E-state index is 0.0359. The van der Waals surface area contributed by atoms with Crippen molar-refractivity contribution < 1.29 is 14.3 Å². The van der Waals surface area contributed by atoms with Crippen molar-refractivity contribution in [1.82, 2.24) is 0 Å². The van der Waals surface area contributed by atoms with Crippen LogP contribution in [0.25, 0.3) is 0 Å². The lowest BCUT2D eigenvalue weighted by atomic mass is 10.1. The lowest BCUT2D eigenvalue weighted by Crippen LogP contribution is -2.30. The zero-order valence-electron chi connectivity index (χ0n) is 7.95. The monoisotopic (exact) mass is 182 g/mol. The molecule has 2 atom stereocenters. The summed E-state index contributed by atoms with van der Waals surface area (Å²) in [4.78, 5) is 11.3. The van der Waals surface area contributed by atoms with Crippen molar-refractivity contribution in [3.63, 3.8) is 0 Å². The topological polar surface area (TPSA) is 35.5 Å². The predicted molar refractivity (Wildman–Crippen MR) is 47.2 cm³/mol. The maximum absolute atomic E-state index is 11.3. The zero-order valence-corrected chi connectivity index (χ0v) is 7.95. The Hall–Kier alpha value is -0.670. The third kappa shape index (κ3) is 1.23. The van der Waals surface area contributed by atoms with Gasteiger partial charge in [-0.15, -0.1) is 0 Å². The average molecular weight is 182 g/mol. The molecular weight excluding hydrogens is 168 g/mol. The summed E-state index contributed by atoms with van der Waals surface area (Å²) in [6.45, 7) is 4.03. The molecule has 2 aliphatic rings. The Labute approximate surface area is 77.7 Å². The highest BCUT2D eigenvalue weighted by atomic mass is 16.8. The Bertz CT molecular complexity index is 253. The molecule has 1 heterocycles. The second-order valence-electron chi connectivity index (χ2n) is 3.50. The molecule has 2 rings (SSSR count). The standard InChI is InChI=1S/C10H14O3/c1-3-10(4-2)12-8-6-5-7(11)9(8)13-10/h5-6,8-9H,3-4H2,1-2H3/t8-,9?/m1/s1. The second-order valence-corrected chi connectivity index (χ2v) is 3.50. The number of carbonyl (C=O) groups is 1. The lowest BCUT2D eigenvalue weighted by molar-refractivity contribution is -0.178. The van der Waals surface area contributed by atoms with Gasteiger partial charge in [-0.3, -0.25) is 4.79 Å². The molecule has 1 aliphatic carbocycles. The molecule has 0 saturated carbocycles. The molecule has 0 amide bonds. The number of ketones is 1. The van der Waals surface area contributed by atoms with E-state index in [9.17, 15) is 4.79 Å². The van der Waals surface area contributed by atoms with E-state index < -0.39 is 5.79 Å². The number of fused-ring (bicyclic) bond motifs is 1. The molecule has 1 aliphatic heterocycles. The van der Waals surface area contributed by atoms with Crippen LogP contribution in [0.15, 0.2) is 12.2 Å². The van der Waals surface area contributed by atoms with Gasteiger partial charge in [0.25, 0.3) is 0 Å². The fourth-order valence-electron chi connectivity index (χ4n) is 1.86. The number of rotatable bonds is 2. The normalized spacial score (nSPS) is 35.4. The Morgan fingerprint density at radius 3 is 2.62 bits per heavy atom. The molecule has 1 saturated heterocycles. The van der Waals surface area contributed by atoms with Crippen LogP contribution in [-0.2, 0) is 14.3 Å². The minimum atomic E-state index is -0.518. The average Bonchev–Trinajstić information content (AvgIpc) is 2.67. The summed E-state index contributed by atoms with van der Waals surface area (Å²) in [6.07, 6.45) is 4.40. The van der Waals surface area contributed by atoms with Crippen molar-refractivity contribution in [2.75, 3.05) is 0 Å². The van der Waals surface area contributed by atoms with Crippen LogP contribution in [0.3, 0.4) is 0 Å². The van der Waals surface area contributed by atoms with Crippen LogP contribution in [-0.4, -0.2) is 23.8 Å². The number of carbonyl (C=O) groups excluding carboxylic acids is 1. The van der Waals surface area contributed by atoms with Gasteiger partial charge in [0.05, 0.1) is 0 Å². The van der Waals surface area contributed by atoms with E-state index in [0.717, 1.165) is 12.8 Å². The highest BCUT2D eigenvalue weighted by Gasteiger charge is 2.48. The Morgan fingerprint density at radius 1 is 1.38 bits per heavy atom. The molecule has 0 radical (unpaired) electrons. The van der Waals surface area contributed by atoms with Gasteiger partial charge in [-0.05, 0) is 25.0 Å². The van der Waals surface area contributed by atoms with Gasteiger partial charge in [0.2, 0.25) is 0 Å². The molecular formula is C10H14O3. The summed E-state index contributed by atoms with van der Waals surface area (Å²) in [5, 5.41) is 0.